The van der Waals surface area contributed by atoms with E-state index in [1.54, 1.807) is 0 Å². The summed E-state index contributed by atoms with van der Waals surface area (Å²) in [6.45, 7) is 5.50. The molecular formula is C16H30N2O2. The number of carbonyl (C=O) groups excluding carboxylic acids is 1. The fraction of sp³-hybridized carbons (Fsp3) is 0.938. The molecule has 0 aromatic heterocycles. The van der Waals surface area contributed by atoms with E-state index < -0.39 is 11.1 Å². The van der Waals surface area contributed by atoms with Gasteiger partial charge in [-0.15, -0.1) is 0 Å². The van der Waals surface area contributed by atoms with Crippen LogP contribution < -0.4 is 10.6 Å². The average Bonchev–Trinajstić information content (AvgIpc) is 2.46. The zero-order chi connectivity index (χ0) is 14.6. The number of rotatable bonds is 4. The van der Waals surface area contributed by atoms with Crippen LogP contribution in [0, 0.1) is 5.92 Å². The number of aliphatic hydroxyl groups is 1. The van der Waals surface area contributed by atoms with Gasteiger partial charge in [-0.1, -0.05) is 13.3 Å². The molecule has 0 aromatic carbocycles. The maximum atomic E-state index is 12.3. The SMILES string of the molecule is CCC1CCC(O)(CNC(=O)C2(C)CCCCN2)CC1. The lowest BCUT2D eigenvalue weighted by atomic mass is 9.77. The average molecular weight is 282 g/mol. The number of carbonyl (C=O) groups is 1. The second-order valence-electron chi connectivity index (χ2n) is 6.97. The van der Waals surface area contributed by atoms with Crippen LogP contribution in [0.25, 0.3) is 0 Å². The van der Waals surface area contributed by atoms with E-state index in [2.05, 4.69) is 17.6 Å². The topological polar surface area (TPSA) is 61.4 Å². The Labute approximate surface area is 122 Å². The van der Waals surface area contributed by atoms with Crippen LogP contribution in [0.5, 0.6) is 0 Å². The molecule has 2 aliphatic rings. The highest BCUT2D eigenvalue weighted by atomic mass is 16.3. The van der Waals surface area contributed by atoms with Crippen molar-refractivity contribution in [2.45, 2.75) is 76.4 Å². The van der Waals surface area contributed by atoms with Crippen molar-refractivity contribution >= 4 is 5.91 Å². The molecule has 1 unspecified atom stereocenters. The zero-order valence-electron chi connectivity index (χ0n) is 13.0. The van der Waals surface area contributed by atoms with Crippen molar-refractivity contribution in [1.29, 1.82) is 0 Å². The third-order valence-corrected chi connectivity index (χ3v) is 5.31. The van der Waals surface area contributed by atoms with E-state index in [9.17, 15) is 9.90 Å². The van der Waals surface area contributed by atoms with Crippen molar-refractivity contribution in [1.82, 2.24) is 10.6 Å². The highest BCUT2D eigenvalue weighted by molar-refractivity contribution is 5.86. The van der Waals surface area contributed by atoms with Crippen LogP contribution in [0.15, 0.2) is 0 Å². The van der Waals surface area contributed by atoms with Crippen LogP contribution >= 0.6 is 0 Å². The van der Waals surface area contributed by atoms with Crippen LogP contribution in [-0.2, 0) is 4.79 Å². The van der Waals surface area contributed by atoms with Gasteiger partial charge < -0.3 is 15.7 Å². The first-order valence-corrected chi connectivity index (χ1v) is 8.23. The van der Waals surface area contributed by atoms with E-state index in [1.807, 2.05) is 6.92 Å². The highest BCUT2D eigenvalue weighted by Gasteiger charge is 2.37. The van der Waals surface area contributed by atoms with Gasteiger partial charge in [-0.25, -0.2) is 0 Å². The second kappa shape index (κ2) is 6.44. The Morgan fingerprint density at radius 3 is 2.55 bits per heavy atom. The minimum atomic E-state index is -0.688. The number of piperidine rings is 1. The summed E-state index contributed by atoms with van der Waals surface area (Å²) < 4.78 is 0. The molecule has 0 bridgehead atoms. The van der Waals surface area contributed by atoms with Gasteiger partial charge in [0.05, 0.1) is 11.1 Å². The summed E-state index contributed by atoms with van der Waals surface area (Å²) in [5, 5.41) is 16.9. The first-order valence-electron chi connectivity index (χ1n) is 8.23. The molecule has 1 saturated carbocycles. The lowest BCUT2D eigenvalue weighted by Crippen LogP contribution is -2.59. The number of hydrogen-bond donors (Lipinski definition) is 3. The lowest BCUT2D eigenvalue weighted by molar-refractivity contribution is -0.129. The molecule has 4 nitrogen and oxygen atoms in total. The van der Waals surface area contributed by atoms with E-state index in [1.165, 1.54) is 6.42 Å². The van der Waals surface area contributed by atoms with Gasteiger partial charge in [-0.2, -0.15) is 0 Å². The summed E-state index contributed by atoms with van der Waals surface area (Å²) >= 11 is 0. The maximum Gasteiger partial charge on any atom is 0.240 e. The molecule has 4 heteroatoms. The van der Waals surface area contributed by atoms with Crippen LogP contribution in [-0.4, -0.2) is 35.2 Å². The van der Waals surface area contributed by atoms with Gasteiger partial charge in [0.15, 0.2) is 0 Å². The monoisotopic (exact) mass is 282 g/mol. The summed E-state index contributed by atoms with van der Waals surface area (Å²) in [5.74, 6) is 0.798. The molecule has 3 N–H and O–H groups in total. The van der Waals surface area contributed by atoms with Crippen LogP contribution in [0.3, 0.4) is 0 Å². The Bertz CT molecular complexity index is 329. The molecule has 1 aliphatic carbocycles. The number of amides is 1. The molecule has 1 amide bonds. The molecule has 0 spiro atoms. The minimum absolute atomic E-state index is 0.0447. The van der Waals surface area contributed by atoms with E-state index >= 15 is 0 Å². The predicted octanol–water partition coefficient (Wildman–Crippen LogP) is 1.97. The number of hydrogen-bond acceptors (Lipinski definition) is 3. The third kappa shape index (κ3) is 3.73. The van der Waals surface area contributed by atoms with Gasteiger partial charge in [0.25, 0.3) is 0 Å². The third-order valence-electron chi connectivity index (χ3n) is 5.31. The Morgan fingerprint density at radius 1 is 1.30 bits per heavy atom. The highest BCUT2D eigenvalue weighted by Crippen LogP contribution is 2.33. The van der Waals surface area contributed by atoms with Crippen molar-refractivity contribution < 1.29 is 9.90 Å². The van der Waals surface area contributed by atoms with Crippen LogP contribution in [0.1, 0.15) is 65.2 Å². The molecule has 1 atom stereocenters. The number of nitrogens with one attached hydrogen (secondary N) is 2. The van der Waals surface area contributed by atoms with Gasteiger partial charge >= 0.3 is 0 Å². The van der Waals surface area contributed by atoms with Gasteiger partial charge in [0.1, 0.15) is 0 Å². The molecule has 0 aromatic rings. The molecule has 20 heavy (non-hydrogen) atoms. The van der Waals surface area contributed by atoms with E-state index in [0.29, 0.717) is 6.54 Å². The molecule has 1 heterocycles. The second-order valence-corrected chi connectivity index (χ2v) is 6.97. The smallest absolute Gasteiger partial charge is 0.240 e. The molecule has 1 aliphatic heterocycles. The molecule has 116 valence electrons. The quantitative estimate of drug-likeness (QED) is 0.739. The van der Waals surface area contributed by atoms with Crippen molar-refractivity contribution in [2.75, 3.05) is 13.1 Å². The maximum absolute atomic E-state index is 12.3. The van der Waals surface area contributed by atoms with Gasteiger partial charge in [-0.3, -0.25) is 4.79 Å². The Kier molecular flexibility index (Phi) is 5.08. The van der Waals surface area contributed by atoms with Crippen molar-refractivity contribution in [2.24, 2.45) is 5.92 Å². The van der Waals surface area contributed by atoms with E-state index in [0.717, 1.165) is 57.4 Å². The standard InChI is InChI=1S/C16H30N2O2/c1-3-13-6-9-16(20,10-7-13)12-17-14(19)15(2)8-4-5-11-18-15/h13,18,20H,3-12H2,1-2H3,(H,17,19). The fourth-order valence-electron chi connectivity index (χ4n) is 3.49. The Morgan fingerprint density at radius 2 is 2.00 bits per heavy atom. The van der Waals surface area contributed by atoms with E-state index in [4.69, 9.17) is 0 Å². The van der Waals surface area contributed by atoms with Crippen molar-refractivity contribution in [3.05, 3.63) is 0 Å². The predicted molar refractivity (Wildman–Crippen MR) is 80.5 cm³/mol. The Hall–Kier alpha value is -0.610. The van der Waals surface area contributed by atoms with Crippen LogP contribution in [0.4, 0.5) is 0 Å². The summed E-state index contributed by atoms with van der Waals surface area (Å²) in [6, 6.07) is 0. The molecule has 1 saturated heterocycles. The largest absolute Gasteiger partial charge is 0.388 e. The van der Waals surface area contributed by atoms with Gasteiger partial charge in [0.2, 0.25) is 5.91 Å². The molecular weight excluding hydrogens is 252 g/mol. The van der Waals surface area contributed by atoms with Crippen molar-refractivity contribution in [3.8, 4) is 0 Å². The van der Waals surface area contributed by atoms with E-state index in [-0.39, 0.29) is 5.91 Å². The minimum Gasteiger partial charge on any atom is -0.388 e. The summed E-state index contributed by atoms with van der Waals surface area (Å²) in [6.07, 6.45) is 8.12. The Balaban J connectivity index is 1.81. The lowest BCUT2D eigenvalue weighted by Gasteiger charge is -2.38. The summed E-state index contributed by atoms with van der Waals surface area (Å²) in [5.41, 5.74) is -1.14. The molecule has 2 fully saturated rings. The van der Waals surface area contributed by atoms with Gasteiger partial charge in [-0.05, 0) is 64.3 Å². The van der Waals surface area contributed by atoms with Gasteiger partial charge in [0, 0.05) is 6.54 Å². The normalized spacial score (nSPS) is 38.5. The first-order chi connectivity index (χ1) is 9.47. The zero-order valence-corrected chi connectivity index (χ0v) is 13.0. The summed E-state index contributed by atoms with van der Waals surface area (Å²) in [7, 11) is 0. The van der Waals surface area contributed by atoms with Crippen molar-refractivity contribution in [3.63, 3.8) is 0 Å². The molecule has 2 rings (SSSR count). The first kappa shape index (κ1) is 15.8. The fourth-order valence-corrected chi connectivity index (χ4v) is 3.49. The molecule has 0 radical (unpaired) electrons. The van der Waals surface area contributed by atoms with Crippen LogP contribution in [0.2, 0.25) is 0 Å². The summed E-state index contributed by atoms with van der Waals surface area (Å²) in [4.78, 5) is 12.3.